The molecule has 0 bridgehead atoms. The van der Waals surface area contributed by atoms with Crippen molar-refractivity contribution >= 4 is 49.6 Å². The van der Waals surface area contributed by atoms with Gasteiger partial charge >= 0.3 is 0 Å². The molecule has 8 aromatic rings. The molecular formula is C48H35N3. The van der Waals surface area contributed by atoms with Crippen LogP contribution in [0.5, 0.6) is 0 Å². The van der Waals surface area contributed by atoms with Crippen LogP contribution in [0.25, 0.3) is 60.3 Å². The van der Waals surface area contributed by atoms with Crippen LogP contribution in [-0.4, -0.2) is 16.5 Å². The summed E-state index contributed by atoms with van der Waals surface area (Å²) in [6, 6.07) is 56.1. The highest BCUT2D eigenvalue weighted by Crippen LogP contribution is 2.38. The van der Waals surface area contributed by atoms with Crippen LogP contribution in [0.1, 0.15) is 36.5 Å². The van der Waals surface area contributed by atoms with Crippen molar-refractivity contribution in [3.05, 3.63) is 192 Å². The van der Waals surface area contributed by atoms with E-state index in [0.717, 1.165) is 51.7 Å². The Morgan fingerprint density at radius 1 is 0.451 bits per heavy atom. The minimum absolute atomic E-state index is 0.710. The lowest BCUT2D eigenvalue weighted by Crippen LogP contribution is -2.11. The van der Waals surface area contributed by atoms with E-state index < -0.39 is 0 Å². The normalized spacial score (nSPS) is 17.0. The minimum Gasteiger partial charge on any atom is -0.264 e. The predicted molar refractivity (Wildman–Crippen MR) is 215 cm³/mol. The van der Waals surface area contributed by atoms with E-state index in [1.54, 1.807) is 0 Å². The fourth-order valence-electron chi connectivity index (χ4n) is 7.47. The maximum absolute atomic E-state index is 5.57. The van der Waals surface area contributed by atoms with Gasteiger partial charge in [-0.1, -0.05) is 140 Å². The Kier molecular flexibility index (Phi) is 7.87. The van der Waals surface area contributed by atoms with E-state index in [1.165, 1.54) is 49.4 Å². The van der Waals surface area contributed by atoms with Crippen LogP contribution < -0.4 is 0 Å². The predicted octanol–water partition coefficient (Wildman–Crippen LogP) is 12.3. The first-order chi connectivity index (χ1) is 25.2. The summed E-state index contributed by atoms with van der Waals surface area (Å²) in [5, 5.41) is 6.99. The molecule has 9 rings (SSSR count). The van der Waals surface area contributed by atoms with Gasteiger partial charge in [0, 0.05) is 28.9 Å². The number of aromatic nitrogens is 1. The summed E-state index contributed by atoms with van der Waals surface area (Å²) in [5.41, 5.74) is 11.2. The molecule has 51 heavy (non-hydrogen) atoms. The quantitative estimate of drug-likeness (QED) is 0.170. The third-order valence-corrected chi connectivity index (χ3v) is 10.1. The monoisotopic (exact) mass is 653 g/mol. The van der Waals surface area contributed by atoms with Crippen molar-refractivity contribution in [2.75, 3.05) is 0 Å². The topological polar surface area (TPSA) is 37.6 Å². The SMILES string of the molecule is C\C1=C(c2ccccc2)/N=C(c2cc3cnccc3c3c2ccc2ccccc23)\N=C(\c2ccc(-c3ccccc3)c(-c3ccccc3)c2)CC1. The maximum atomic E-state index is 5.57. The van der Waals surface area contributed by atoms with Crippen molar-refractivity contribution in [1.29, 1.82) is 0 Å². The highest BCUT2D eigenvalue weighted by atomic mass is 14.9. The van der Waals surface area contributed by atoms with E-state index in [0.29, 0.717) is 5.84 Å². The smallest absolute Gasteiger partial charge is 0.160 e. The number of rotatable bonds is 5. The van der Waals surface area contributed by atoms with Gasteiger partial charge in [0.1, 0.15) is 0 Å². The molecule has 0 spiro atoms. The number of allylic oxidation sites excluding steroid dienone is 1. The number of fused-ring (bicyclic) bond motifs is 5. The molecule has 0 saturated carbocycles. The largest absolute Gasteiger partial charge is 0.264 e. The maximum Gasteiger partial charge on any atom is 0.160 e. The zero-order chi connectivity index (χ0) is 34.1. The molecule has 3 heteroatoms. The van der Waals surface area contributed by atoms with E-state index in [4.69, 9.17) is 9.98 Å². The molecule has 0 N–H and O–H groups in total. The molecule has 1 aromatic heterocycles. The fourth-order valence-corrected chi connectivity index (χ4v) is 7.47. The van der Waals surface area contributed by atoms with Crippen LogP contribution in [0.4, 0.5) is 0 Å². The van der Waals surface area contributed by atoms with Crippen LogP contribution in [-0.2, 0) is 0 Å². The summed E-state index contributed by atoms with van der Waals surface area (Å²) in [6.45, 7) is 2.22. The lowest BCUT2D eigenvalue weighted by atomic mass is 9.90. The molecule has 2 heterocycles. The summed E-state index contributed by atoms with van der Waals surface area (Å²) in [4.78, 5) is 15.6. The number of pyridine rings is 1. The Morgan fingerprint density at radius 2 is 1.12 bits per heavy atom. The van der Waals surface area contributed by atoms with E-state index in [1.807, 2.05) is 12.4 Å². The van der Waals surface area contributed by atoms with Gasteiger partial charge in [0.25, 0.3) is 0 Å². The van der Waals surface area contributed by atoms with Gasteiger partial charge in [-0.2, -0.15) is 0 Å². The second kappa shape index (κ2) is 13.1. The molecule has 0 fully saturated rings. The number of aliphatic imine (C=N–C) groups is 2. The number of benzene rings is 7. The van der Waals surface area contributed by atoms with E-state index in [2.05, 4.69) is 170 Å². The zero-order valence-electron chi connectivity index (χ0n) is 28.4. The van der Waals surface area contributed by atoms with E-state index in [-0.39, 0.29) is 0 Å². The van der Waals surface area contributed by atoms with Gasteiger partial charge in [-0.3, -0.25) is 4.98 Å². The van der Waals surface area contributed by atoms with Gasteiger partial charge in [-0.25, -0.2) is 9.98 Å². The van der Waals surface area contributed by atoms with Gasteiger partial charge in [-0.15, -0.1) is 0 Å². The fraction of sp³-hybridized carbons (Fsp3) is 0.0625. The Balaban J connectivity index is 1.31. The van der Waals surface area contributed by atoms with Crippen LogP contribution in [0.2, 0.25) is 0 Å². The standard InChI is InChI=1S/C48H35N3/c1-32-21-26-45(37-23-24-39(33-13-5-2-6-14-33)43(29-37)34-15-7-3-8-16-34)50-48(51-47(32)36-18-9-4-10-19-36)44-30-38-31-49-28-27-41(38)46-40-20-12-11-17-35(40)22-25-42(44)46/h2-20,22-25,27-31H,21,26H2,1H3/b47-32+,50-45+,51-48-. The molecule has 0 atom stereocenters. The van der Waals surface area contributed by atoms with Crippen molar-refractivity contribution in [1.82, 2.24) is 4.98 Å². The summed E-state index contributed by atoms with van der Waals surface area (Å²) in [7, 11) is 0. The Hall–Kier alpha value is -6.45. The first-order valence-corrected chi connectivity index (χ1v) is 17.6. The van der Waals surface area contributed by atoms with Gasteiger partial charge in [-0.05, 0) is 98.3 Å². The molecule has 0 radical (unpaired) electrons. The van der Waals surface area contributed by atoms with Crippen molar-refractivity contribution in [2.45, 2.75) is 19.8 Å². The second-order valence-electron chi connectivity index (χ2n) is 13.2. The van der Waals surface area contributed by atoms with E-state index >= 15 is 0 Å². The molecule has 7 aromatic carbocycles. The molecule has 242 valence electrons. The summed E-state index contributed by atoms with van der Waals surface area (Å²) in [5.74, 6) is 0.710. The lowest BCUT2D eigenvalue weighted by Gasteiger charge is -2.19. The zero-order valence-corrected chi connectivity index (χ0v) is 28.4. The summed E-state index contributed by atoms with van der Waals surface area (Å²) in [6.07, 6.45) is 5.49. The first-order valence-electron chi connectivity index (χ1n) is 17.6. The third kappa shape index (κ3) is 5.73. The summed E-state index contributed by atoms with van der Waals surface area (Å²) < 4.78 is 0. The number of hydrogen-bond donors (Lipinski definition) is 0. The number of amidine groups is 1. The second-order valence-corrected chi connectivity index (χ2v) is 13.2. The van der Waals surface area contributed by atoms with Crippen LogP contribution >= 0.6 is 0 Å². The highest BCUT2D eigenvalue weighted by Gasteiger charge is 2.20. The molecule has 0 aliphatic carbocycles. The van der Waals surface area contributed by atoms with Crippen molar-refractivity contribution in [2.24, 2.45) is 9.98 Å². The first kappa shape index (κ1) is 30.6. The molecule has 1 aliphatic rings. The van der Waals surface area contributed by atoms with Gasteiger partial charge < -0.3 is 0 Å². The average molecular weight is 654 g/mol. The lowest BCUT2D eigenvalue weighted by molar-refractivity contribution is 1.00. The van der Waals surface area contributed by atoms with Crippen molar-refractivity contribution in [3.63, 3.8) is 0 Å². The summed E-state index contributed by atoms with van der Waals surface area (Å²) >= 11 is 0. The van der Waals surface area contributed by atoms with Gasteiger partial charge in [0.05, 0.1) is 11.4 Å². The Morgan fingerprint density at radius 3 is 1.88 bits per heavy atom. The molecule has 0 saturated heterocycles. The minimum atomic E-state index is 0.710. The van der Waals surface area contributed by atoms with E-state index in [9.17, 15) is 0 Å². The van der Waals surface area contributed by atoms with Crippen molar-refractivity contribution in [3.8, 4) is 22.3 Å². The van der Waals surface area contributed by atoms with Gasteiger partial charge in [0.15, 0.2) is 5.84 Å². The Bertz CT molecular complexity index is 2650. The highest BCUT2D eigenvalue weighted by molar-refractivity contribution is 6.27. The van der Waals surface area contributed by atoms with Crippen molar-refractivity contribution < 1.29 is 0 Å². The molecular weight excluding hydrogens is 619 g/mol. The molecule has 1 aliphatic heterocycles. The number of hydrogen-bond acceptors (Lipinski definition) is 3. The average Bonchev–Trinajstić information content (AvgIpc) is 3.20. The van der Waals surface area contributed by atoms with Crippen LogP contribution in [0.3, 0.4) is 0 Å². The number of nitrogens with zero attached hydrogens (tertiary/aromatic N) is 3. The van der Waals surface area contributed by atoms with Crippen LogP contribution in [0.15, 0.2) is 186 Å². The Labute approximate surface area is 298 Å². The molecule has 3 nitrogen and oxygen atoms in total. The van der Waals surface area contributed by atoms with Crippen LogP contribution in [0, 0.1) is 0 Å². The molecule has 0 unspecified atom stereocenters. The third-order valence-electron chi connectivity index (χ3n) is 10.1. The van der Waals surface area contributed by atoms with Gasteiger partial charge in [0.2, 0.25) is 0 Å². The molecule has 0 amide bonds.